The maximum Gasteiger partial charge on any atom is 0.389 e. The second-order valence-corrected chi connectivity index (χ2v) is 2.60. The van der Waals surface area contributed by atoms with Crippen LogP contribution in [0.2, 0.25) is 0 Å². The van der Waals surface area contributed by atoms with E-state index in [2.05, 4.69) is 11.3 Å². The Morgan fingerprint density at radius 2 is 2.14 bits per heavy atom. The van der Waals surface area contributed by atoms with Crippen LogP contribution in [0.4, 0.5) is 13.2 Å². The molecule has 0 aromatic heterocycles. The van der Waals surface area contributed by atoms with E-state index in [-0.39, 0.29) is 12.8 Å². The van der Waals surface area contributed by atoms with Gasteiger partial charge in [0.05, 0.1) is 0 Å². The van der Waals surface area contributed by atoms with Crippen LogP contribution in [0.25, 0.3) is 0 Å². The fourth-order valence-corrected chi connectivity index (χ4v) is 0.718. The number of rotatable bonds is 5. The van der Waals surface area contributed by atoms with E-state index in [1.807, 2.05) is 0 Å². The molecular formula is C8H11F3O3. The predicted molar refractivity (Wildman–Crippen MR) is 42.2 cm³/mol. The van der Waals surface area contributed by atoms with Crippen LogP contribution in [0.3, 0.4) is 0 Å². The Hall–Kier alpha value is -1.04. The highest BCUT2D eigenvalue weighted by Crippen LogP contribution is 2.22. The summed E-state index contributed by atoms with van der Waals surface area (Å²) in [4.78, 5) is 10.5. The first-order chi connectivity index (χ1) is 6.35. The quantitative estimate of drug-likeness (QED) is 0.429. The molecular weight excluding hydrogens is 201 g/mol. The number of carbonyl (C=O) groups excluding carboxylic acids is 1. The highest BCUT2D eigenvalue weighted by molar-refractivity contribution is 5.81. The van der Waals surface area contributed by atoms with Gasteiger partial charge in [-0.2, -0.15) is 13.2 Å². The Morgan fingerprint density at radius 1 is 1.57 bits per heavy atom. The van der Waals surface area contributed by atoms with Crippen molar-refractivity contribution in [2.45, 2.75) is 31.7 Å². The maximum absolute atomic E-state index is 11.6. The summed E-state index contributed by atoms with van der Waals surface area (Å²) in [5.74, 6) is -0.857. The average molecular weight is 212 g/mol. The van der Waals surface area contributed by atoms with Gasteiger partial charge in [-0.1, -0.05) is 6.58 Å². The first kappa shape index (κ1) is 13.0. The van der Waals surface area contributed by atoms with Crippen LogP contribution < -0.4 is 0 Å². The van der Waals surface area contributed by atoms with Gasteiger partial charge in [0.1, 0.15) is 0 Å². The Kier molecular flexibility index (Phi) is 5.22. The van der Waals surface area contributed by atoms with E-state index in [4.69, 9.17) is 5.11 Å². The molecule has 0 aromatic rings. The second-order valence-electron chi connectivity index (χ2n) is 2.60. The van der Waals surface area contributed by atoms with Gasteiger partial charge in [-0.25, -0.2) is 4.79 Å². The zero-order chi connectivity index (χ0) is 11.2. The molecule has 3 nitrogen and oxygen atoms in total. The molecule has 0 rings (SSSR count). The highest BCUT2D eigenvalue weighted by atomic mass is 19.4. The minimum absolute atomic E-state index is 0.237. The number of alkyl halides is 3. The molecule has 0 spiro atoms. The molecule has 14 heavy (non-hydrogen) atoms. The van der Waals surface area contributed by atoms with Gasteiger partial charge < -0.3 is 9.84 Å². The number of hydrogen-bond donors (Lipinski definition) is 1. The van der Waals surface area contributed by atoms with E-state index >= 15 is 0 Å². The van der Waals surface area contributed by atoms with E-state index in [0.717, 1.165) is 6.08 Å². The molecule has 0 radical (unpaired) electrons. The molecule has 0 heterocycles. The summed E-state index contributed by atoms with van der Waals surface area (Å²) < 4.78 is 39.1. The summed E-state index contributed by atoms with van der Waals surface area (Å²) in [6.45, 7) is 3.07. The summed E-state index contributed by atoms with van der Waals surface area (Å²) in [7, 11) is 0. The summed E-state index contributed by atoms with van der Waals surface area (Å²) >= 11 is 0. The molecule has 0 aliphatic rings. The molecule has 0 saturated carbocycles. The SMILES string of the molecule is C=CC(=O)OC(O)CCCC(F)(F)F. The van der Waals surface area contributed by atoms with Crippen molar-refractivity contribution in [3.63, 3.8) is 0 Å². The Bertz CT molecular complexity index is 200. The molecule has 1 unspecified atom stereocenters. The van der Waals surface area contributed by atoms with Gasteiger partial charge in [-0.3, -0.25) is 0 Å². The number of hydrogen-bond acceptors (Lipinski definition) is 3. The molecule has 0 aromatic carbocycles. The monoisotopic (exact) mass is 212 g/mol. The Labute approximate surface area is 79.2 Å². The lowest BCUT2D eigenvalue weighted by Crippen LogP contribution is -2.17. The van der Waals surface area contributed by atoms with Crippen molar-refractivity contribution in [2.75, 3.05) is 0 Å². The summed E-state index contributed by atoms with van der Waals surface area (Å²) in [5.41, 5.74) is 0. The smallest absolute Gasteiger partial charge is 0.389 e. The van der Waals surface area contributed by atoms with Crippen molar-refractivity contribution < 1.29 is 27.8 Å². The van der Waals surface area contributed by atoms with Gasteiger partial charge in [0, 0.05) is 18.9 Å². The summed E-state index contributed by atoms with van der Waals surface area (Å²) in [6.07, 6.45) is -6.44. The number of aliphatic hydroxyl groups is 1. The number of ether oxygens (including phenoxy) is 1. The van der Waals surface area contributed by atoms with Gasteiger partial charge >= 0.3 is 12.1 Å². The highest BCUT2D eigenvalue weighted by Gasteiger charge is 2.26. The molecule has 0 fully saturated rings. The molecule has 0 aliphatic heterocycles. The van der Waals surface area contributed by atoms with Crippen LogP contribution in [0.5, 0.6) is 0 Å². The van der Waals surface area contributed by atoms with Crippen LogP contribution in [-0.2, 0) is 9.53 Å². The fourth-order valence-electron chi connectivity index (χ4n) is 0.718. The lowest BCUT2D eigenvalue weighted by Gasteiger charge is -2.11. The number of esters is 1. The van der Waals surface area contributed by atoms with Crippen LogP contribution in [-0.4, -0.2) is 23.5 Å². The van der Waals surface area contributed by atoms with Crippen LogP contribution in [0.15, 0.2) is 12.7 Å². The molecule has 82 valence electrons. The summed E-state index contributed by atoms with van der Waals surface area (Å²) in [5, 5.41) is 8.89. The molecule has 0 aliphatic carbocycles. The Balaban J connectivity index is 3.59. The third kappa shape index (κ3) is 7.60. The van der Waals surface area contributed by atoms with Gasteiger partial charge in [-0.05, 0) is 6.42 Å². The fraction of sp³-hybridized carbons (Fsp3) is 0.625. The zero-order valence-corrected chi connectivity index (χ0v) is 7.38. The van der Waals surface area contributed by atoms with Crippen molar-refractivity contribution in [3.8, 4) is 0 Å². The lowest BCUT2D eigenvalue weighted by molar-refractivity contribution is -0.165. The molecule has 0 bridgehead atoms. The van der Waals surface area contributed by atoms with Crippen molar-refractivity contribution in [1.29, 1.82) is 0 Å². The number of carbonyl (C=O) groups is 1. The molecule has 0 amide bonds. The van der Waals surface area contributed by atoms with Crippen molar-refractivity contribution in [2.24, 2.45) is 0 Å². The Morgan fingerprint density at radius 3 is 2.57 bits per heavy atom. The van der Waals surface area contributed by atoms with Gasteiger partial charge in [0.25, 0.3) is 0 Å². The van der Waals surface area contributed by atoms with Crippen molar-refractivity contribution in [3.05, 3.63) is 12.7 Å². The van der Waals surface area contributed by atoms with Crippen LogP contribution in [0, 0.1) is 0 Å². The zero-order valence-electron chi connectivity index (χ0n) is 7.38. The van der Waals surface area contributed by atoms with Gasteiger partial charge in [0.15, 0.2) is 0 Å². The van der Waals surface area contributed by atoms with E-state index in [9.17, 15) is 18.0 Å². The maximum atomic E-state index is 11.6. The standard InChI is InChI=1S/C8H11F3O3/c1-2-6(12)14-7(13)4-3-5-8(9,10)11/h2,7,13H,1,3-5H2. The molecule has 6 heteroatoms. The van der Waals surface area contributed by atoms with Crippen molar-refractivity contribution in [1.82, 2.24) is 0 Å². The third-order valence-electron chi connectivity index (χ3n) is 1.33. The largest absolute Gasteiger partial charge is 0.433 e. The van der Waals surface area contributed by atoms with Gasteiger partial charge in [-0.15, -0.1) is 0 Å². The first-order valence-corrected chi connectivity index (χ1v) is 3.93. The number of aliphatic hydroxyl groups excluding tert-OH is 1. The molecule has 0 saturated heterocycles. The lowest BCUT2D eigenvalue weighted by atomic mass is 10.2. The molecule has 1 N–H and O–H groups in total. The minimum Gasteiger partial charge on any atom is -0.433 e. The predicted octanol–water partition coefficient (Wildman–Crippen LogP) is 1.77. The summed E-state index contributed by atoms with van der Waals surface area (Å²) in [6, 6.07) is 0. The van der Waals surface area contributed by atoms with Gasteiger partial charge in [0.2, 0.25) is 6.29 Å². The van der Waals surface area contributed by atoms with E-state index < -0.39 is 24.9 Å². The van der Waals surface area contributed by atoms with Crippen molar-refractivity contribution >= 4 is 5.97 Å². The van der Waals surface area contributed by atoms with Crippen LogP contribution in [0.1, 0.15) is 19.3 Å². The average Bonchev–Trinajstić information content (AvgIpc) is 2.01. The number of halogens is 3. The normalized spacial score (nSPS) is 13.4. The van der Waals surface area contributed by atoms with E-state index in [1.54, 1.807) is 0 Å². The second kappa shape index (κ2) is 5.64. The van der Waals surface area contributed by atoms with E-state index in [0.29, 0.717) is 0 Å². The third-order valence-corrected chi connectivity index (χ3v) is 1.33. The van der Waals surface area contributed by atoms with Crippen LogP contribution >= 0.6 is 0 Å². The van der Waals surface area contributed by atoms with E-state index in [1.165, 1.54) is 0 Å². The minimum atomic E-state index is -4.25. The first-order valence-electron chi connectivity index (χ1n) is 3.93. The topological polar surface area (TPSA) is 46.5 Å². The molecule has 1 atom stereocenters.